The summed E-state index contributed by atoms with van der Waals surface area (Å²) in [5.74, 6) is 1.53. The molecule has 0 aliphatic carbocycles. The monoisotopic (exact) mass is 371 g/mol. The lowest BCUT2D eigenvalue weighted by molar-refractivity contribution is 1.03. The molecule has 0 aliphatic rings. The Morgan fingerprint density at radius 1 is 0.958 bits per heavy atom. The summed E-state index contributed by atoms with van der Waals surface area (Å²) in [6.45, 7) is 0.832. The van der Waals surface area contributed by atoms with Crippen LogP contribution in [-0.4, -0.2) is 16.5 Å². The van der Waals surface area contributed by atoms with Gasteiger partial charge in [-0.2, -0.15) is 0 Å². The van der Waals surface area contributed by atoms with Crippen molar-refractivity contribution in [1.29, 1.82) is 0 Å². The van der Waals surface area contributed by atoms with Crippen LogP contribution in [-0.2, 0) is 6.42 Å². The Labute approximate surface area is 153 Å². The second-order valence-electron chi connectivity index (χ2n) is 5.27. The summed E-state index contributed by atoms with van der Waals surface area (Å²) < 4.78 is 0. The molecule has 1 N–H and O–H groups in total. The van der Waals surface area contributed by atoms with Gasteiger partial charge in [-0.25, -0.2) is 9.97 Å². The lowest BCUT2D eigenvalue weighted by Crippen LogP contribution is -2.07. The highest BCUT2D eigenvalue weighted by Crippen LogP contribution is 2.33. The Morgan fingerprint density at radius 3 is 2.67 bits per heavy atom. The number of hydrogen-bond donors (Lipinski definition) is 1. The first-order valence-corrected chi connectivity index (χ1v) is 9.71. The zero-order chi connectivity index (χ0) is 16.4. The molecule has 0 saturated heterocycles. The lowest BCUT2D eigenvalue weighted by Gasteiger charge is -2.10. The fourth-order valence-corrected chi connectivity index (χ4v) is 4.31. The van der Waals surface area contributed by atoms with Crippen molar-refractivity contribution in [3.63, 3.8) is 0 Å². The van der Waals surface area contributed by atoms with Crippen LogP contribution in [0, 0.1) is 0 Å². The number of nitrogens with one attached hydrogen (secondary N) is 1. The Bertz CT molecular complexity index is 963. The van der Waals surface area contributed by atoms with E-state index in [2.05, 4.69) is 27.8 Å². The van der Waals surface area contributed by atoms with Gasteiger partial charge in [0, 0.05) is 16.8 Å². The SMILES string of the molecule is Clc1ccsc1-c1nc(NCCc2cccs2)c2ccccc2n1. The van der Waals surface area contributed by atoms with E-state index in [9.17, 15) is 0 Å². The Kier molecular flexibility index (Phi) is 4.47. The zero-order valence-electron chi connectivity index (χ0n) is 12.7. The number of nitrogens with zero attached hydrogens (tertiary/aromatic N) is 2. The summed E-state index contributed by atoms with van der Waals surface area (Å²) in [7, 11) is 0. The minimum Gasteiger partial charge on any atom is -0.369 e. The van der Waals surface area contributed by atoms with Gasteiger partial charge in [0.1, 0.15) is 5.82 Å². The van der Waals surface area contributed by atoms with Crippen LogP contribution >= 0.6 is 34.3 Å². The van der Waals surface area contributed by atoms with E-state index in [1.807, 2.05) is 35.7 Å². The maximum Gasteiger partial charge on any atom is 0.173 e. The highest BCUT2D eigenvalue weighted by Gasteiger charge is 2.12. The number of aromatic nitrogens is 2. The largest absolute Gasteiger partial charge is 0.369 e. The number of fused-ring (bicyclic) bond motifs is 1. The maximum absolute atomic E-state index is 6.26. The van der Waals surface area contributed by atoms with Crippen LogP contribution < -0.4 is 5.32 Å². The molecule has 6 heteroatoms. The van der Waals surface area contributed by atoms with Gasteiger partial charge < -0.3 is 5.32 Å². The summed E-state index contributed by atoms with van der Waals surface area (Å²) in [5.41, 5.74) is 0.922. The smallest absolute Gasteiger partial charge is 0.173 e. The quantitative estimate of drug-likeness (QED) is 0.487. The molecule has 0 unspecified atom stereocenters. The van der Waals surface area contributed by atoms with E-state index >= 15 is 0 Å². The standard InChI is InChI=1S/C18H14ClN3S2/c19-14-8-11-24-16(14)18-21-15-6-2-1-5-13(15)17(22-18)20-9-7-12-4-3-10-23-12/h1-6,8,10-11H,7,9H2,(H,20,21,22). The van der Waals surface area contributed by atoms with E-state index < -0.39 is 0 Å². The fraction of sp³-hybridized carbons (Fsp3) is 0.111. The van der Waals surface area contributed by atoms with Crippen LogP contribution in [0.2, 0.25) is 5.02 Å². The molecule has 3 aromatic heterocycles. The molecule has 0 fully saturated rings. The van der Waals surface area contributed by atoms with Crippen molar-refractivity contribution >= 4 is 51.0 Å². The molecular weight excluding hydrogens is 358 g/mol. The molecule has 1 aromatic carbocycles. The van der Waals surface area contributed by atoms with E-state index in [1.165, 1.54) is 4.88 Å². The molecule has 0 saturated carbocycles. The predicted octanol–water partition coefficient (Wildman–Crippen LogP) is 5.73. The van der Waals surface area contributed by atoms with Crippen LogP contribution in [0.3, 0.4) is 0 Å². The molecule has 0 atom stereocenters. The van der Waals surface area contributed by atoms with Crippen molar-refractivity contribution in [3.8, 4) is 10.7 Å². The van der Waals surface area contributed by atoms with Gasteiger partial charge in [0.05, 0.1) is 15.4 Å². The van der Waals surface area contributed by atoms with Crippen molar-refractivity contribution in [2.45, 2.75) is 6.42 Å². The number of benzene rings is 1. The number of rotatable bonds is 5. The van der Waals surface area contributed by atoms with E-state index in [-0.39, 0.29) is 0 Å². The first-order chi connectivity index (χ1) is 11.8. The van der Waals surface area contributed by atoms with Gasteiger partial charge >= 0.3 is 0 Å². The molecule has 0 amide bonds. The molecule has 0 bridgehead atoms. The topological polar surface area (TPSA) is 37.8 Å². The molecular formula is C18H14ClN3S2. The summed E-state index contributed by atoms with van der Waals surface area (Å²) in [6.07, 6.45) is 0.977. The third-order valence-corrected chi connectivity index (χ3v) is 5.94. The van der Waals surface area contributed by atoms with Crippen LogP contribution in [0.15, 0.2) is 53.2 Å². The fourth-order valence-electron chi connectivity index (χ4n) is 2.53. The van der Waals surface area contributed by atoms with Crippen LogP contribution in [0.5, 0.6) is 0 Å². The van der Waals surface area contributed by atoms with Gasteiger partial charge in [-0.05, 0) is 41.4 Å². The average molecular weight is 372 g/mol. The Balaban J connectivity index is 1.68. The predicted molar refractivity (Wildman–Crippen MR) is 104 cm³/mol. The molecule has 3 heterocycles. The third kappa shape index (κ3) is 3.15. The van der Waals surface area contributed by atoms with Gasteiger partial charge in [0.25, 0.3) is 0 Å². The molecule has 0 radical (unpaired) electrons. The second kappa shape index (κ2) is 6.89. The minimum atomic E-state index is 0.673. The first kappa shape index (κ1) is 15.6. The Morgan fingerprint density at radius 2 is 1.88 bits per heavy atom. The van der Waals surface area contributed by atoms with Gasteiger partial charge in [-0.15, -0.1) is 22.7 Å². The highest BCUT2D eigenvalue weighted by atomic mass is 35.5. The van der Waals surface area contributed by atoms with Crippen molar-refractivity contribution in [3.05, 3.63) is 63.1 Å². The number of para-hydroxylation sites is 1. The van der Waals surface area contributed by atoms with Gasteiger partial charge in [0.2, 0.25) is 0 Å². The molecule has 4 aromatic rings. The van der Waals surface area contributed by atoms with Crippen LogP contribution in [0.4, 0.5) is 5.82 Å². The van der Waals surface area contributed by atoms with Gasteiger partial charge in [-0.3, -0.25) is 0 Å². The minimum absolute atomic E-state index is 0.673. The second-order valence-corrected chi connectivity index (χ2v) is 7.62. The molecule has 0 aliphatic heterocycles. The van der Waals surface area contributed by atoms with Crippen LogP contribution in [0.25, 0.3) is 21.6 Å². The molecule has 4 rings (SSSR count). The lowest BCUT2D eigenvalue weighted by atomic mass is 10.2. The zero-order valence-corrected chi connectivity index (χ0v) is 15.1. The summed E-state index contributed by atoms with van der Waals surface area (Å²) in [4.78, 5) is 11.7. The van der Waals surface area contributed by atoms with Crippen LogP contribution in [0.1, 0.15) is 4.88 Å². The number of halogens is 1. The van der Waals surface area contributed by atoms with Crippen molar-refractivity contribution in [1.82, 2.24) is 9.97 Å². The van der Waals surface area contributed by atoms with Crippen molar-refractivity contribution < 1.29 is 0 Å². The van der Waals surface area contributed by atoms with E-state index in [1.54, 1.807) is 22.7 Å². The van der Waals surface area contributed by atoms with E-state index in [0.29, 0.717) is 10.8 Å². The van der Waals surface area contributed by atoms with E-state index in [0.717, 1.165) is 34.6 Å². The summed E-state index contributed by atoms with van der Waals surface area (Å²) in [6, 6.07) is 14.2. The van der Waals surface area contributed by atoms with Gasteiger partial charge in [0.15, 0.2) is 5.82 Å². The number of hydrogen-bond acceptors (Lipinski definition) is 5. The number of anilines is 1. The van der Waals surface area contributed by atoms with Crippen molar-refractivity contribution in [2.75, 3.05) is 11.9 Å². The normalized spacial score (nSPS) is 11.0. The van der Waals surface area contributed by atoms with Crippen molar-refractivity contribution in [2.24, 2.45) is 0 Å². The molecule has 0 spiro atoms. The molecule has 24 heavy (non-hydrogen) atoms. The molecule has 3 nitrogen and oxygen atoms in total. The highest BCUT2D eigenvalue weighted by molar-refractivity contribution is 7.14. The van der Waals surface area contributed by atoms with E-state index in [4.69, 9.17) is 16.6 Å². The van der Waals surface area contributed by atoms with Gasteiger partial charge in [-0.1, -0.05) is 29.8 Å². The maximum atomic E-state index is 6.26. The number of thiophene rings is 2. The molecule has 120 valence electrons. The Hall–Kier alpha value is -1.95. The first-order valence-electron chi connectivity index (χ1n) is 7.57. The third-order valence-electron chi connectivity index (χ3n) is 3.67. The summed E-state index contributed by atoms with van der Waals surface area (Å²) >= 11 is 9.60. The average Bonchev–Trinajstić information content (AvgIpc) is 3.26. The summed E-state index contributed by atoms with van der Waals surface area (Å²) in [5, 5.41) is 9.25.